The zero-order chi connectivity index (χ0) is 19.3. The molecule has 0 N–H and O–H groups in total. The molecule has 1 fully saturated rings. The molecule has 0 saturated carbocycles. The van der Waals surface area contributed by atoms with Crippen LogP contribution in [-0.4, -0.2) is 68.4 Å². The number of benzene rings is 1. The van der Waals surface area contributed by atoms with Crippen LogP contribution >= 0.6 is 0 Å². The largest absolute Gasteiger partial charge is 0.465 e. The maximum Gasteiger partial charge on any atom is 0.337 e. The van der Waals surface area contributed by atoms with E-state index in [9.17, 15) is 13.2 Å². The fourth-order valence-corrected chi connectivity index (χ4v) is 4.44. The van der Waals surface area contributed by atoms with Gasteiger partial charge in [-0.1, -0.05) is 12.1 Å². The molecule has 0 aliphatic carbocycles. The summed E-state index contributed by atoms with van der Waals surface area (Å²) in [5.41, 5.74) is 1.67. The van der Waals surface area contributed by atoms with E-state index in [1.165, 1.54) is 17.6 Å². The highest BCUT2D eigenvalue weighted by atomic mass is 32.2. The Bertz CT molecular complexity index is 862. The topological polar surface area (TPSA) is 79.8 Å². The molecule has 1 aromatic carbocycles. The van der Waals surface area contributed by atoms with Crippen LogP contribution in [0.3, 0.4) is 0 Å². The van der Waals surface area contributed by atoms with E-state index in [0.717, 1.165) is 18.5 Å². The Balaban J connectivity index is 1.50. The molecule has 1 aliphatic rings. The van der Waals surface area contributed by atoms with Gasteiger partial charge < -0.3 is 9.64 Å². The minimum Gasteiger partial charge on any atom is -0.465 e. The fourth-order valence-electron chi connectivity index (χ4n) is 3.05. The predicted octanol–water partition coefficient (Wildman–Crippen LogP) is 1.42. The van der Waals surface area contributed by atoms with Crippen molar-refractivity contribution in [2.24, 2.45) is 0 Å². The van der Waals surface area contributed by atoms with Crippen molar-refractivity contribution in [1.29, 1.82) is 0 Å². The summed E-state index contributed by atoms with van der Waals surface area (Å²) < 4.78 is 31.4. The van der Waals surface area contributed by atoms with Crippen LogP contribution < -0.4 is 0 Å². The summed E-state index contributed by atoms with van der Waals surface area (Å²) in [6.07, 6.45) is 3.80. The van der Waals surface area contributed by atoms with E-state index in [-0.39, 0.29) is 10.9 Å². The van der Waals surface area contributed by atoms with Crippen LogP contribution in [-0.2, 0) is 21.2 Å². The molecule has 1 aromatic heterocycles. The first-order valence-electron chi connectivity index (χ1n) is 8.80. The Labute approximate surface area is 159 Å². The van der Waals surface area contributed by atoms with Gasteiger partial charge in [-0.05, 0) is 36.2 Å². The van der Waals surface area contributed by atoms with Crippen molar-refractivity contribution in [1.82, 2.24) is 14.2 Å². The third kappa shape index (κ3) is 4.71. The second-order valence-electron chi connectivity index (χ2n) is 6.37. The Morgan fingerprint density at radius 1 is 1.11 bits per heavy atom. The Morgan fingerprint density at radius 2 is 1.81 bits per heavy atom. The van der Waals surface area contributed by atoms with Crippen molar-refractivity contribution in [3.05, 3.63) is 59.9 Å². The van der Waals surface area contributed by atoms with Crippen LogP contribution in [0.5, 0.6) is 0 Å². The van der Waals surface area contributed by atoms with Gasteiger partial charge in [-0.15, -0.1) is 0 Å². The summed E-state index contributed by atoms with van der Waals surface area (Å²) >= 11 is 0. The summed E-state index contributed by atoms with van der Waals surface area (Å²) in [5.74, 6) is -0.340. The van der Waals surface area contributed by atoms with Gasteiger partial charge in [0.25, 0.3) is 0 Å². The average Bonchev–Trinajstić information content (AvgIpc) is 2.73. The van der Waals surface area contributed by atoms with Gasteiger partial charge in [0, 0.05) is 45.1 Å². The number of sulfonamides is 1. The molecule has 0 amide bonds. The van der Waals surface area contributed by atoms with Crippen molar-refractivity contribution >= 4 is 16.0 Å². The third-order valence-electron chi connectivity index (χ3n) is 4.70. The van der Waals surface area contributed by atoms with Crippen LogP contribution in [0.2, 0.25) is 0 Å². The van der Waals surface area contributed by atoms with Crippen molar-refractivity contribution in [2.45, 2.75) is 11.3 Å². The van der Waals surface area contributed by atoms with Gasteiger partial charge in [-0.3, -0.25) is 4.98 Å². The molecule has 27 heavy (non-hydrogen) atoms. The van der Waals surface area contributed by atoms with Gasteiger partial charge >= 0.3 is 5.97 Å². The zero-order valence-corrected chi connectivity index (χ0v) is 16.1. The van der Waals surface area contributed by atoms with Crippen molar-refractivity contribution < 1.29 is 17.9 Å². The molecule has 0 spiro atoms. The number of ether oxygens (including phenoxy) is 1. The second kappa shape index (κ2) is 8.60. The number of rotatable bonds is 6. The maximum atomic E-state index is 12.6. The molecule has 3 rings (SSSR count). The lowest BCUT2D eigenvalue weighted by Crippen LogP contribution is -2.49. The van der Waals surface area contributed by atoms with E-state index in [1.807, 2.05) is 12.1 Å². The van der Waals surface area contributed by atoms with Crippen molar-refractivity contribution in [3.8, 4) is 0 Å². The number of methoxy groups -OCH3 is 1. The highest BCUT2D eigenvalue weighted by Gasteiger charge is 2.28. The molecule has 7 nitrogen and oxygen atoms in total. The maximum absolute atomic E-state index is 12.6. The molecule has 0 atom stereocenters. The molecule has 0 radical (unpaired) electrons. The molecule has 1 aliphatic heterocycles. The number of carbonyl (C=O) groups is 1. The minimum atomic E-state index is -3.47. The summed E-state index contributed by atoms with van der Waals surface area (Å²) in [5, 5.41) is 0. The molecule has 2 aromatic rings. The summed E-state index contributed by atoms with van der Waals surface area (Å²) in [6, 6.07) is 10.6. The highest BCUT2D eigenvalue weighted by Crippen LogP contribution is 2.16. The Kier molecular flexibility index (Phi) is 6.20. The molecule has 1 saturated heterocycles. The third-order valence-corrected chi connectivity index (χ3v) is 6.58. The van der Waals surface area contributed by atoms with E-state index in [1.54, 1.807) is 30.5 Å². The molecular formula is C19H23N3O4S. The zero-order valence-electron chi connectivity index (χ0n) is 15.2. The van der Waals surface area contributed by atoms with Gasteiger partial charge in [-0.2, -0.15) is 4.31 Å². The molecule has 0 bridgehead atoms. The summed E-state index contributed by atoms with van der Waals surface area (Å²) in [7, 11) is -2.10. The first kappa shape index (κ1) is 19.5. The number of hydrogen-bond acceptors (Lipinski definition) is 6. The Morgan fingerprint density at radius 3 is 2.41 bits per heavy atom. The Hall–Kier alpha value is -2.29. The fraction of sp³-hybridized carbons (Fsp3) is 0.368. The lowest BCUT2D eigenvalue weighted by molar-refractivity contribution is 0.0600. The predicted molar refractivity (Wildman–Crippen MR) is 101 cm³/mol. The highest BCUT2D eigenvalue weighted by molar-refractivity contribution is 7.89. The van der Waals surface area contributed by atoms with Gasteiger partial charge in [0.1, 0.15) is 4.90 Å². The lowest BCUT2D eigenvalue weighted by Gasteiger charge is -2.33. The van der Waals surface area contributed by atoms with Crippen LogP contribution in [0.25, 0.3) is 0 Å². The van der Waals surface area contributed by atoms with Crippen molar-refractivity contribution in [3.63, 3.8) is 0 Å². The number of esters is 1. The minimum absolute atomic E-state index is 0.240. The van der Waals surface area contributed by atoms with Crippen molar-refractivity contribution in [2.75, 3.05) is 39.8 Å². The van der Waals surface area contributed by atoms with Crippen LogP contribution in [0.1, 0.15) is 15.9 Å². The number of nitrogens with zero attached hydrogens (tertiary/aromatic N) is 3. The first-order chi connectivity index (χ1) is 13.0. The smallest absolute Gasteiger partial charge is 0.337 e. The SMILES string of the molecule is COC(=O)c1ccc(CCN2CCN(S(=O)(=O)c3cccnc3)CC2)cc1. The number of pyridine rings is 1. The standard InChI is InChI=1S/C19H23N3O4S/c1-26-19(23)17-6-4-16(5-7-17)8-10-21-11-13-22(14-12-21)27(24,25)18-3-2-9-20-15-18/h2-7,9,15H,8,10-14H2,1H3. The number of piperazine rings is 1. The second-order valence-corrected chi connectivity index (χ2v) is 8.31. The molecule has 144 valence electrons. The van der Waals surface area contributed by atoms with E-state index in [0.29, 0.717) is 31.7 Å². The van der Waals surface area contributed by atoms with Crippen LogP contribution in [0.4, 0.5) is 0 Å². The molecule has 2 heterocycles. The molecule has 0 unspecified atom stereocenters. The first-order valence-corrected chi connectivity index (χ1v) is 10.2. The van der Waals surface area contributed by atoms with Gasteiger partial charge in [0.2, 0.25) is 10.0 Å². The van der Waals surface area contributed by atoms with Gasteiger partial charge in [0.15, 0.2) is 0 Å². The summed E-state index contributed by atoms with van der Waals surface area (Å²) in [4.78, 5) is 17.9. The van der Waals surface area contributed by atoms with Crippen LogP contribution in [0, 0.1) is 0 Å². The van der Waals surface area contributed by atoms with Gasteiger partial charge in [-0.25, -0.2) is 13.2 Å². The lowest BCUT2D eigenvalue weighted by atomic mass is 10.1. The number of aromatic nitrogens is 1. The number of carbonyl (C=O) groups excluding carboxylic acids is 1. The van der Waals surface area contributed by atoms with Gasteiger partial charge in [0.05, 0.1) is 12.7 Å². The van der Waals surface area contributed by atoms with E-state index in [4.69, 9.17) is 4.74 Å². The van der Waals surface area contributed by atoms with E-state index in [2.05, 4.69) is 9.88 Å². The molecule has 8 heteroatoms. The summed E-state index contributed by atoms with van der Waals surface area (Å²) in [6.45, 7) is 3.18. The average molecular weight is 389 g/mol. The quantitative estimate of drug-likeness (QED) is 0.695. The van der Waals surface area contributed by atoms with Crippen LogP contribution in [0.15, 0.2) is 53.7 Å². The van der Waals surface area contributed by atoms with E-state index < -0.39 is 10.0 Å². The van der Waals surface area contributed by atoms with E-state index >= 15 is 0 Å². The number of hydrogen-bond donors (Lipinski definition) is 0. The monoisotopic (exact) mass is 389 g/mol. The molecular weight excluding hydrogens is 366 g/mol. The normalized spacial score (nSPS) is 16.2.